The van der Waals surface area contributed by atoms with E-state index in [1.165, 1.54) is 0 Å². The normalized spacial score (nSPS) is 17.7. The Kier molecular flexibility index (Phi) is 2.78. The fourth-order valence-corrected chi connectivity index (χ4v) is 2.38. The summed E-state index contributed by atoms with van der Waals surface area (Å²) in [6.07, 6.45) is 4.06. The Morgan fingerprint density at radius 3 is 2.94 bits per heavy atom. The van der Waals surface area contributed by atoms with Crippen molar-refractivity contribution in [3.05, 3.63) is 29.7 Å². The van der Waals surface area contributed by atoms with Crippen LogP contribution in [0.1, 0.15) is 30.1 Å². The molecule has 0 saturated carbocycles. The molecule has 1 aliphatic rings. The molecule has 0 aliphatic carbocycles. The highest BCUT2D eigenvalue weighted by Gasteiger charge is 2.21. The maximum Gasteiger partial charge on any atom is 0.165 e. The summed E-state index contributed by atoms with van der Waals surface area (Å²) < 4.78 is 7.44. The zero-order chi connectivity index (χ0) is 11.7. The first-order valence-electron chi connectivity index (χ1n) is 6.00. The number of nitrogens with two attached hydrogens (primary N) is 1. The topological polar surface area (TPSA) is 65.4 Å². The van der Waals surface area contributed by atoms with E-state index in [1.807, 2.05) is 18.3 Å². The quantitative estimate of drug-likeness (QED) is 0.841. The molecular weight excluding hydrogens is 216 g/mol. The minimum atomic E-state index is 0.451. The summed E-state index contributed by atoms with van der Waals surface area (Å²) in [5.74, 6) is 1.49. The summed E-state index contributed by atoms with van der Waals surface area (Å²) in [5.41, 5.74) is 7.63. The SMILES string of the molecule is NCc1cccn2c(C3CCOCC3)nnc12. The maximum absolute atomic E-state index is 5.70. The van der Waals surface area contributed by atoms with Crippen molar-refractivity contribution >= 4 is 5.65 Å². The lowest BCUT2D eigenvalue weighted by Gasteiger charge is -2.20. The molecule has 0 atom stereocenters. The fourth-order valence-electron chi connectivity index (χ4n) is 2.38. The van der Waals surface area contributed by atoms with Crippen molar-refractivity contribution < 1.29 is 4.74 Å². The average molecular weight is 232 g/mol. The molecule has 2 aromatic rings. The molecule has 0 aromatic carbocycles. The monoisotopic (exact) mass is 232 g/mol. The van der Waals surface area contributed by atoms with Gasteiger partial charge in [-0.05, 0) is 18.9 Å². The van der Waals surface area contributed by atoms with Crippen molar-refractivity contribution in [2.45, 2.75) is 25.3 Å². The molecule has 5 heteroatoms. The van der Waals surface area contributed by atoms with Crippen LogP contribution in [-0.4, -0.2) is 27.8 Å². The molecule has 3 rings (SSSR count). The van der Waals surface area contributed by atoms with Gasteiger partial charge in [-0.15, -0.1) is 10.2 Å². The van der Waals surface area contributed by atoms with Gasteiger partial charge in [0.05, 0.1) is 0 Å². The first-order valence-corrected chi connectivity index (χ1v) is 6.00. The number of hydrogen-bond acceptors (Lipinski definition) is 4. The van der Waals surface area contributed by atoms with Crippen molar-refractivity contribution in [3.63, 3.8) is 0 Å². The molecule has 0 radical (unpaired) electrons. The van der Waals surface area contributed by atoms with Gasteiger partial charge in [0.25, 0.3) is 0 Å². The van der Waals surface area contributed by atoms with Crippen LogP contribution in [0.5, 0.6) is 0 Å². The Morgan fingerprint density at radius 1 is 1.35 bits per heavy atom. The fraction of sp³-hybridized carbons (Fsp3) is 0.500. The predicted molar refractivity (Wildman–Crippen MR) is 63.7 cm³/mol. The van der Waals surface area contributed by atoms with Crippen LogP contribution in [0.2, 0.25) is 0 Å². The Hall–Kier alpha value is -1.46. The number of hydrogen-bond donors (Lipinski definition) is 1. The van der Waals surface area contributed by atoms with Crippen LogP contribution in [0.25, 0.3) is 5.65 Å². The van der Waals surface area contributed by atoms with Crippen molar-refractivity contribution in [1.82, 2.24) is 14.6 Å². The van der Waals surface area contributed by atoms with Crippen LogP contribution in [0.3, 0.4) is 0 Å². The maximum atomic E-state index is 5.70. The van der Waals surface area contributed by atoms with Crippen LogP contribution in [-0.2, 0) is 11.3 Å². The Balaban J connectivity index is 2.05. The van der Waals surface area contributed by atoms with E-state index in [1.54, 1.807) is 0 Å². The van der Waals surface area contributed by atoms with Gasteiger partial charge in [-0.3, -0.25) is 4.40 Å². The van der Waals surface area contributed by atoms with Gasteiger partial charge in [0.2, 0.25) is 0 Å². The first kappa shape index (κ1) is 10.7. The van der Waals surface area contributed by atoms with Gasteiger partial charge in [0.1, 0.15) is 5.82 Å². The number of fused-ring (bicyclic) bond motifs is 1. The van der Waals surface area contributed by atoms with Crippen LogP contribution < -0.4 is 5.73 Å². The molecule has 2 aromatic heterocycles. The van der Waals surface area contributed by atoms with E-state index in [9.17, 15) is 0 Å². The lowest BCUT2D eigenvalue weighted by Crippen LogP contribution is -2.16. The highest BCUT2D eigenvalue weighted by atomic mass is 16.5. The highest BCUT2D eigenvalue weighted by molar-refractivity contribution is 5.47. The molecule has 0 spiro atoms. The van der Waals surface area contributed by atoms with E-state index in [2.05, 4.69) is 14.6 Å². The van der Waals surface area contributed by atoms with E-state index >= 15 is 0 Å². The predicted octanol–water partition coefficient (Wildman–Crippen LogP) is 1.08. The van der Waals surface area contributed by atoms with Crippen molar-refractivity contribution in [3.8, 4) is 0 Å². The Morgan fingerprint density at radius 2 is 2.18 bits per heavy atom. The second-order valence-electron chi connectivity index (χ2n) is 4.38. The smallest absolute Gasteiger partial charge is 0.165 e. The summed E-state index contributed by atoms with van der Waals surface area (Å²) in [5, 5.41) is 8.59. The van der Waals surface area contributed by atoms with Crippen molar-refractivity contribution in [2.75, 3.05) is 13.2 Å². The summed E-state index contributed by atoms with van der Waals surface area (Å²) in [7, 11) is 0. The number of rotatable bonds is 2. The Bertz CT molecular complexity index is 516. The van der Waals surface area contributed by atoms with Gasteiger partial charge in [-0.25, -0.2) is 0 Å². The van der Waals surface area contributed by atoms with Gasteiger partial charge in [0, 0.05) is 37.4 Å². The summed E-state index contributed by atoms with van der Waals surface area (Å²) in [4.78, 5) is 0. The lowest BCUT2D eigenvalue weighted by atomic mass is 9.99. The molecule has 1 fully saturated rings. The van der Waals surface area contributed by atoms with Crippen LogP contribution >= 0.6 is 0 Å². The van der Waals surface area contributed by atoms with Gasteiger partial charge < -0.3 is 10.5 Å². The van der Waals surface area contributed by atoms with E-state index in [0.717, 1.165) is 43.1 Å². The van der Waals surface area contributed by atoms with Gasteiger partial charge in [-0.2, -0.15) is 0 Å². The van der Waals surface area contributed by atoms with Crippen LogP contribution in [0.15, 0.2) is 18.3 Å². The van der Waals surface area contributed by atoms with Crippen molar-refractivity contribution in [2.24, 2.45) is 5.73 Å². The van der Waals surface area contributed by atoms with Crippen LogP contribution in [0, 0.1) is 0 Å². The molecule has 5 nitrogen and oxygen atoms in total. The van der Waals surface area contributed by atoms with E-state index in [0.29, 0.717) is 12.5 Å². The van der Waals surface area contributed by atoms with E-state index in [-0.39, 0.29) is 0 Å². The Labute approximate surface area is 99.6 Å². The zero-order valence-corrected chi connectivity index (χ0v) is 9.67. The molecule has 1 saturated heterocycles. The largest absolute Gasteiger partial charge is 0.381 e. The van der Waals surface area contributed by atoms with Gasteiger partial charge >= 0.3 is 0 Å². The minimum absolute atomic E-state index is 0.451. The second-order valence-corrected chi connectivity index (χ2v) is 4.38. The molecule has 1 aliphatic heterocycles. The number of pyridine rings is 1. The molecule has 2 N–H and O–H groups in total. The van der Waals surface area contributed by atoms with E-state index in [4.69, 9.17) is 10.5 Å². The number of nitrogens with zero attached hydrogens (tertiary/aromatic N) is 3. The van der Waals surface area contributed by atoms with E-state index < -0.39 is 0 Å². The van der Waals surface area contributed by atoms with Gasteiger partial charge in [-0.1, -0.05) is 6.07 Å². The third-order valence-corrected chi connectivity index (χ3v) is 3.35. The minimum Gasteiger partial charge on any atom is -0.381 e. The number of ether oxygens (including phenoxy) is 1. The first-order chi connectivity index (χ1) is 8.40. The second kappa shape index (κ2) is 4.43. The summed E-state index contributed by atoms with van der Waals surface area (Å²) in [6.45, 7) is 2.13. The average Bonchev–Trinajstić information content (AvgIpc) is 2.83. The third kappa shape index (κ3) is 1.81. The van der Waals surface area contributed by atoms with Gasteiger partial charge in [0.15, 0.2) is 5.65 Å². The molecule has 0 amide bonds. The molecule has 17 heavy (non-hydrogen) atoms. The zero-order valence-electron chi connectivity index (χ0n) is 9.67. The van der Waals surface area contributed by atoms with Crippen molar-refractivity contribution in [1.29, 1.82) is 0 Å². The molecule has 0 bridgehead atoms. The number of aromatic nitrogens is 3. The molecule has 3 heterocycles. The molecule has 0 unspecified atom stereocenters. The standard InChI is InChI=1S/C12H16N4O/c13-8-10-2-1-5-16-11(14-15-12(10)16)9-3-6-17-7-4-9/h1-2,5,9H,3-4,6-8,13H2. The third-order valence-electron chi connectivity index (χ3n) is 3.35. The lowest BCUT2D eigenvalue weighted by molar-refractivity contribution is 0.0834. The highest BCUT2D eigenvalue weighted by Crippen LogP contribution is 2.26. The van der Waals surface area contributed by atoms with Crippen LogP contribution in [0.4, 0.5) is 0 Å². The molecular formula is C12H16N4O. The molecule has 90 valence electrons. The summed E-state index contributed by atoms with van der Waals surface area (Å²) in [6, 6.07) is 4.00. The summed E-state index contributed by atoms with van der Waals surface area (Å²) >= 11 is 0.